The molecule has 1 atom stereocenters. The smallest absolute Gasteiger partial charge is 0.341 e. The Labute approximate surface area is 177 Å². The van der Waals surface area contributed by atoms with Gasteiger partial charge in [0.2, 0.25) is 5.43 Å². The zero-order valence-electron chi connectivity index (χ0n) is 17.3. The topological polar surface area (TPSA) is 84.2 Å². The largest absolute Gasteiger partial charge is 0.477 e. The molecule has 1 aromatic carbocycles. The molecule has 8 nitrogen and oxygen atoms in total. The highest BCUT2D eigenvalue weighted by Crippen LogP contribution is 2.31. The number of carbonyl (C=O) groups is 1. The average Bonchev–Trinajstić information content (AvgIpc) is 2.75. The van der Waals surface area contributed by atoms with Crippen LogP contribution in [0.15, 0.2) is 17.1 Å². The van der Waals surface area contributed by atoms with Gasteiger partial charge in [-0.3, -0.25) is 9.69 Å². The third-order valence-electron chi connectivity index (χ3n) is 5.82. The number of hydrogen-bond acceptors (Lipinski definition) is 6. The van der Waals surface area contributed by atoms with Crippen LogP contribution in [0.1, 0.15) is 17.3 Å². The molecular weight excluding hydrogens is 412 g/mol. The first-order chi connectivity index (χ1) is 14.9. The van der Waals surface area contributed by atoms with Crippen LogP contribution in [-0.4, -0.2) is 79.2 Å². The fourth-order valence-electron chi connectivity index (χ4n) is 4.27. The lowest BCUT2D eigenvalue weighted by atomic mass is 10.1. The van der Waals surface area contributed by atoms with Crippen LogP contribution in [0.2, 0.25) is 0 Å². The second-order valence-corrected chi connectivity index (χ2v) is 7.73. The van der Waals surface area contributed by atoms with E-state index < -0.39 is 28.6 Å². The number of halogens is 2. The predicted octanol–water partition coefficient (Wildman–Crippen LogP) is 1.54. The summed E-state index contributed by atoms with van der Waals surface area (Å²) in [7, 11) is 0. The predicted molar refractivity (Wildman–Crippen MR) is 110 cm³/mol. The van der Waals surface area contributed by atoms with Crippen LogP contribution in [0.25, 0.3) is 10.9 Å². The van der Waals surface area contributed by atoms with E-state index in [1.54, 1.807) is 11.8 Å². The summed E-state index contributed by atoms with van der Waals surface area (Å²) >= 11 is 0. The molecule has 3 heterocycles. The fourth-order valence-corrected chi connectivity index (χ4v) is 4.27. The Morgan fingerprint density at radius 3 is 2.65 bits per heavy atom. The zero-order chi connectivity index (χ0) is 22.1. The number of aryl methyl sites for hydroxylation is 1. The van der Waals surface area contributed by atoms with Gasteiger partial charge in [0.1, 0.15) is 17.1 Å². The van der Waals surface area contributed by atoms with Gasteiger partial charge in [0.25, 0.3) is 0 Å². The minimum atomic E-state index is -1.43. The fraction of sp³-hybridized carbons (Fsp3) is 0.524. The Morgan fingerprint density at radius 2 is 1.97 bits per heavy atom. The lowest BCUT2D eigenvalue weighted by molar-refractivity contribution is -0.0173. The number of morpholine rings is 2. The first-order valence-corrected chi connectivity index (χ1v) is 10.4. The summed E-state index contributed by atoms with van der Waals surface area (Å²) in [6.45, 7) is 6.37. The molecular formula is C21H25F2N3O5. The molecule has 2 aliphatic rings. The van der Waals surface area contributed by atoms with E-state index in [9.17, 15) is 14.7 Å². The normalized spacial score (nSPS) is 20.4. The second-order valence-electron chi connectivity index (χ2n) is 7.73. The number of carboxylic acids is 1. The Bertz CT molecular complexity index is 1050. The van der Waals surface area contributed by atoms with Crippen molar-refractivity contribution in [2.24, 2.45) is 0 Å². The number of aromatic carboxylic acids is 1. The molecule has 0 spiro atoms. The minimum Gasteiger partial charge on any atom is -0.477 e. The van der Waals surface area contributed by atoms with Crippen molar-refractivity contribution in [2.75, 3.05) is 57.4 Å². The number of nitrogens with zero attached hydrogens (tertiary/aromatic N) is 3. The highest BCUT2D eigenvalue weighted by Gasteiger charge is 2.29. The van der Waals surface area contributed by atoms with E-state index in [0.29, 0.717) is 39.5 Å². The van der Waals surface area contributed by atoms with Gasteiger partial charge < -0.3 is 24.0 Å². The Balaban J connectivity index is 1.71. The number of fused-ring (bicyclic) bond motifs is 1. The maximum Gasteiger partial charge on any atom is 0.341 e. The van der Waals surface area contributed by atoms with Gasteiger partial charge in [-0.2, -0.15) is 0 Å². The van der Waals surface area contributed by atoms with Crippen LogP contribution in [0.3, 0.4) is 0 Å². The van der Waals surface area contributed by atoms with Gasteiger partial charge in [-0.15, -0.1) is 0 Å². The number of pyridine rings is 1. The standard InChI is InChI=1S/C21H25F2N3O5/c1-2-25-12-15(21(28)29)20(27)14-9-16(22)19(17(23)18(14)25)26-5-8-31-13(11-26)10-24-3-6-30-7-4-24/h9,12-13H,2-8,10-11H2,1H3,(H,28,29). The maximum absolute atomic E-state index is 15.6. The number of hydrogen-bond donors (Lipinski definition) is 1. The first kappa shape index (κ1) is 21.7. The average molecular weight is 437 g/mol. The summed E-state index contributed by atoms with van der Waals surface area (Å²) in [6.07, 6.45) is 0.891. The molecule has 31 heavy (non-hydrogen) atoms. The van der Waals surface area contributed by atoms with Crippen molar-refractivity contribution < 1.29 is 28.2 Å². The summed E-state index contributed by atoms with van der Waals surface area (Å²) in [5.41, 5.74) is -1.72. The molecule has 1 aromatic heterocycles. The third-order valence-corrected chi connectivity index (χ3v) is 5.82. The number of benzene rings is 1. The molecule has 0 bridgehead atoms. The first-order valence-electron chi connectivity index (χ1n) is 10.4. The summed E-state index contributed by atoms with van der Waals surface area (Å²) < 4.78 is 43.2. The molecule has 0 amide bonds. The van der Waals surface area contributed by atoms with Gasteiger partial charge in [0.15, 0.2) is 5.82 Å². The molecule has 2 aromatic rings. The SMILES string of the molecule is CCn1cc(C(=O)O)c(=O)c2cc(F)c(N3CCOC(CN4CCOCC4)C3)c(F)c21. The van der Waals surface area contributed by atoms with Gasteiger partial charge in [-0.25, -0.2) is 13.6 Å². The Kier molecular flexibility index (Phi) is 6.22. The molecule has 10 heteroatoms. The van der Waals surface area contributed by atoms with Gasteiger partial charge >= 0.3 is 5.97 Å². The van der Waals surface area contributed by atoms with E-state index in [0.717, 1.165) is 25.4 Å². The van der Waals surface area contributed by atoms with Crippen molar-refractivity contribution >= 4 is 22.6 Å². The molecule has 2 fully saturated rings. The van der Waals surface area contributed by atoms with Crippen molar-refractivity contribution in [3.05, 3.63) is 39.7 Å². The van der Waals surface area contributed by atoms with Gasteiger partial charge in [0, 0.05) is 45.5 Å². The molecule has 1 unspecified atom stereocenters. The summed E-state index contributed by atoms with van der Waals surface area (Å²) in [6, 6.07) is 0.946. The molecule has 168 valence electrons. The van der Waals surface area contributed by atoms with Crippen LogP contribution < -0.4 is 10.3 Å². The zero-order valence-corrected chi connectivity index (χ0v) is 17.3. The van der Waals surface area contributed by atoms with Gasteiger partial charge in [-0.1, -0.05) is 0 Å². The summed E-state index contributed by atoms with van der Waals surface area (Å²) in [4.78, 5) is 27.7. The number of anilines is 1. The van der Waals surface area contributed by atoms with Gasteiger partial charge in [-0.05, 0) is 13.0 Å². The van der Waals surface area contributed by atoms with E-state index in [2.05, 4.69) is 4.90 Å². The summed E-state index contributed by atoms with van der Waals surface area (Å²) in [5, 5.41) is 8.99. The van der Waals surface area contributed by atoms with E-state index in [1.165, 1.54) is 4.57 Å². The summed E-state index contributed by atoms with van der Waals surface area (Å²) in [5.74, 6) is -3.18. The van der Waals surface area contributed by atoms with Gasteiger partial charge in [0.05, 0.1) is 36.8 Å². The molecule has 2 aliphatic heterocycles. The van der Waals surface area contributed by atoms with Crippen molar-refractivity contribution in [3.8, 4) is 0 Å². The van der Waals surface area contributed by atoms with Crippen molar-refractivity contribution in [3.63, 3.8) is 0 Å². The number of ether oxygens (including phenoxy) is 2. The van der Waals surface area contributed by atoms with E-state index in [-0.39, 0.29) is 29.2 Å². The Morgan fingerprint density at radius 1 is 1.23 bits per heavy atom. The molecule has 4 rings (SSSR count). The quantitative estimate of drug-likeness (QED) is 0.760. The molecule has 0 aliphatic carbocycles. The minimum absolute atomic E-state index is 0.0925. The third kappa shape index (κ3) is 4.15. The lowest BCUT2D eigenvalue weighted by Gasteiger charge is -2.38. The van der Waals surface area contributed by atoms with Crippen molar-refractivity contribution in [1.29, 1.82) is 0 Å². The van der Waals surface area contributed by atoms with Crippen molar-refractivity contribution in [2.45, 2.75) is 19.6 Å². The van der Waals surface area contributed by atoms with Crippen LogP contribution in [0.4, 0.5) is 14.5 Å². The highest BCUT2D eigenvalue weighted by atomic mass is 19.1. The van der Waals surface area contributed by atoms with E-state index in [4.69, 9.17) is 9.47 Å². The Hall–Kier alpha value is -2.56. The second kappa shape index (κ2) is 8.89. The van der Waals surface area contributed by atoms with E-state index >= 15 is 8.78 Å². The van der Waals surface area contributed by atoms with Crippen molar-refractivity contribution in [1.82, 2.24) is 9.47 Å². The van der Waals surface area contributed by atoms with E-state index in [1.807, 2.05) is 0 Å². The number of carboxylic acid groups (broad SMARTS) is 1. The highest BCUT2D eigenvalue weighted by molar-refractivity contribution is 5.93. The van der Waals surface area contributed by atoms with Crippen LogP contribution in [0.5, 0.6) is 0 Å². The van der Waals surface area contributed by atoms with Crippen LogP contribution in [0, 0.1) is 11.6 Å². The van der Waals surface area contributed by atoms with Crippen LogP contribution in [-0.2, 0) is 16.0 Å². The van der Waals surface area contributed by atoms with Crippen LogP contribution >= 0.6 is 0 Å². The molecule has 2 saturated heterocycles. The molecule has 0 radical (unpaired) electrons. The lowest BCUT2D eigenvalue weighted by Crippen LogP contribution is -2.50. The monoisotopic (exact) mass is 437 g/mol. The molecule has 0 saturated carbocycles. The maximum atomic E-state index is 15.6. The number of aromatic nitrogens is 1. The number of rotatable bonds is 5. The molecule has 1 N–H and O–H groups in total.